The number of anilines is 1. The highest BCUT2D eigenvalue weighted by atomic mass is 15.2. The third kappa shape index (κ3) is 2.45. The summed E-state index contributed by atoms with van der Waals surface area (Å²) in [5, 5.41) is 16.8. The van der Waals surface area contributed by atoms with Gasteiger partial charge >= 0.3 is 0 Å². The molecule has 6 nitrogen and oxygen atoms in total. The molecule has 4 aromatic carbocycles. The molecule has 4 aromatic heterocycles. The lowest BCUT2D eigenvalue weighted by Crippen LogP contribution is -2.08. The van der Waals surface area contributed by atoms with Crippen LogP contribution in [0.25, 0.3) is 71.9 Å². The summed E-state index contributed by atoms with van der Waals surface area (Å²) in [6, 6.07) is 29.9. The summed E-state index contributed by atoms with van der Waals surface area (Å²) < 4.78 is 4.46. The van der Waals surface area contributed by atoms with Gasteiger partial charge in [-0.05, 0) is 37.3 Å². The lowest BCUT2D eigenvalue weighted by Gasteiger charge is -2.10. The molecule has 178 valence electrons. The second kappa shape index (κ2) is 7.31. The molecule has 2 N–H and O–H groups in total. The molecule has 4 heterocycles. The molecule has 0 bridgehead atoms. The van der Waals surface area contributed by atoms with E-state index in [0.29, 0.717) is 11.6 Å². The van der Waals surface area contributed by atoms with Crippen LogP contribution in [-0.2, 0) is 0 Å². The third-order valence-corrected chi connectivity index (χ3v) is 7.60. The van der Waals surface area contributed by atoms with Crippen molar-refractivity contribution in [2.45, 2.75) is 6.92 Å². The molecule has 38 heavy (non-hydrogen) atoms. The first-order valence-corrected chi connectivity index (χ1v) is 12.5. The van der Waals surface area contributed by atoms with Crippen molar-refractivity contribution in [2.24, 2.45) is 0 Å². The number of nitrogen functional groups attached to an aromatic ring is 1. The zero-order chi connectivity index (χ0) is 25.5. The molecule has 8 aromatic rings. The Balaban J connectivity index is 1.69. The lowest BCUT2D eigenvalue weighted by molar-refractivity contribution is 0.978. The van der Waals surface area contributed by atoms with Crippen LogP contribution >= 0.6 is 0 Å². The number of allylic oxidation sites excluding steroid dienone is 1. The van der Waals surface area contributed by atoms with Gasteiger partial charge < -0.3 is 10.1 Å². The number of nitrogens with zero attached hydrogens (tertiary/aromatic N) is 5. The number of benzene rings is 4. The molecule has 0 aliphatic heterocycles. The van der Waals surface area contributed by atoms with Crippen molar-refractivity contribution in [3.63, 3.8) is 0 Å². The Morgan fingerprint density at radius 2 is 1.37 bits per heavy atom. The fourth-order valence-corrected chi connectivity index (χ4v) is 6.11. The SMILES string of the molecule is C/C=C\c1nc(-n2c3ccccc3c3cc4c5ccccc5n5c6ccccc6c(c32)c45)nc(C#N)c1N. The van der Waals surface area contributed by atoms with Crippen LogP contribution in [0.4, 0.5) is 5.69 Å². The Bertz CT molecular complexity index is 2330. The van der Waals surface area contributed by atoms with Crippen LogP contribution in [0.5, 0.6) is 0 Å². The molecule has 0 spiro atoms. The number of hydrogen-bond acceptors (Lipinski definition) is 4. The predicted octanol–water partition coefficient (Wildman–Crippen LogP) is 7.21. The summed E-state index contributed by atoms with van der Waals surface area (Å²) in [6.07, 6.45) is 3.69. The van der Waals surface area contributed by atoms with Gasteiger partial charge in [0.2, 0.25) is 5.95 Å². The van der Waals surface area contributed by atoms with E-state index in [4.69, 9.17) is 10.7 Å². The molecule has 0 unspecified atom stereocenters. The molecular formula is C32H20N6. The van der Waals surface area contributed by atoms with Gasteiger partial charge in [0.05, 0.1) is 39.0 Å². The molecule has 0 fully saturated rings. The standard InChI is InChI=1S/C32H20N6/c1-2-9-23-29(34)24(17-33)36-32(35-23)38-26-14-7-4-11-19(26)22-16-21-18-10-3-6-13-25(18)37-27-15-8-5-12-20(27)28(30(21)37)31(22)38/h2-16H,34H2,1H3/b9-2-. The highest BCUT2D eigenvalue weighted by Gasteiger charge is 2.25. The van der Waals surface area contributed by atoms with Crippen LogP contribution in [0, 0.1) is 11.3 Å². The van der Waals surface area contributed by atoms with Gasteiger partial charge in [-0.3, -0.25) is 4.57 Å². The average Bonchev–Trinajstić information content (AvgIpc) is 3.58. The van der Waals surface area contributed by atoms with Gasteiger partial charge in [0.1, 0.15) is 6.07 Å². The first kappa shape index (κ1) is 20.7. The molecule has 0 saturated carbocycles. The Morgan fingerprint density at radius 3 is 2.08 bits per heavy atom. The predicted molar refractivity (Wildman–Crippen MR) is 155 cm³/mol. The number of aromatic nitrogens is 4. The van der Waals surface area contributed by atoms with Crippen molar-refractivity contribution in [3.8, 4) is 12.0 Å². The first-order chi connectivity index (χ1) is 18.7. The van der Waals surface area contributed by atoms with E-state index in [0.717, 1.165) is 38.1 Å². The summed E-state index contributed by atoms with van der Waals surface area (Å²) in [5.74, 6) is 0.428. The minimum Gasteiger partial charge on any atom is -0.395 e. The number of para-hydroxylation sites is 3. The van der Waals surface area contributed by atoms with Crippen LogP contribution in [0.2, 0.25) is 0 Å². The van der Waals surface area contributed by atoms with Crippen molar-refractivity contribution in [3.05, 3.63) is 96.3 Å². The molecule has 6 heteroatoms. The van der Waals surface area contributed by atoms with E-state index in [1.807, 2.05) is 25.1 Å². The van der Waals surface area contributed by atoms with Gasteiger partial charge in [0.25, 0.3) is 0 Å². The molecule has 0 atom stereocenters. The summed E-state index contributed by atoms with van der Waals surface area (Å²) >= 11 is 0. The molecule has 0 radical (unpaired) electrons. The Hall–Kier alpha value is -5.41. The van der Waals surface area contributed by atoms with E-state index in [1.54, 1.807) is 0 Å². The zero-order valence-corrected chi connectivity index (χ0v) is 20.5. The van der Waals surface area contributed by atoms with E-state index < -0.39 is 0 Å². The van der Waals surface area contributed by atoms with Crippen LogP contribution in [0.3, 0.4) is 0 Å². The van der Waals surface area contributed by atoms with Crippen molar-refractivity contribution in [1.82, 2.24) is 18.9 Å². The smallest absolute Gasteiger partial charge is 0.236 e. The summed E-state index contributed by atoms with van der Waals surface area (Å²) in [5.41, 5.74) is 12.8. The van der Waals surface area contributed by atoms with Crippen molar-refractivity contribution < 1.29 is 0 Å². The summed E-state index contributed by atoms with van der Waals surface area (Å²) in [6.45, 7) is 1.90. The fraction of sp³-hybridized carbons (Fsp3) is 0.0312. The van der Waals surface area contributed by atoms with Crippen molar-refractivity contribution >= 4 is 71.7 Å². The second-order valence-electron chi connectivity index (χ2n) is 9.55. The molecule has 0 aliphatic carbocycles. The van der Waals surface area contributed by atoms with Gasteiger partial charge in [-0.2, -0.15) is 10.2 Å². The number of fused-ring (bicyclic) bond motifs is 10. The maximum absolute atomic E-state index is 9.86. The van der Waals surface area contributed by atoms with Gasteiger partial charge in [-0.1, -0.05) is 60.7 Å². The normalized spacial score (nSPS) is 12.3. The molecule has 8 rings (SSSR count). The minimum atomic E-state index is 0.168. The van der Waals surface area contributed by atoms with Crippen LogP contribution in [0.15, 0.2) is 84.9 Å². The van der Waals surface area contributed by atoms with E-state index in [-0.39, 0.29) is 11.4 Å². The third-order valence-electron chi connectivity index (χ3n) is 7.60. The lowest BCUT2D eigenvalue weighted by atomic mass is 10.0. The molecule has 0 amide bonds. The largest absolute Gasteiger partial charge is 0.395 e. The van der Waals surface area contributed by atoms with E-state index in [9.17, 15) is 5.26 Å². The summed E-state index contributed by atoms with van der Waals surface area (Å²) in [7, 11) is 0. The quantitative estimate of drug-likeness (QED) is 0.279. The number of rotatable bonds is 2. The zero-order valence-electron chi connectivity index (χ0n) is 20.5. The molecule has 0 saturated heterocycles. The van der Waals surface area contributed by atoms with E-state index in [2.05, 4.69) is 92.8 Å². The Labute approximate surface area is 216 Å². The van der Waals surface area contributed by atoms with Crippen molar-refractivity contribution in [2.75, 3.05) is 5.73 Å². The second-order valence-corrected chi connectivity index (χ2v) is 9.55. The number of nitrogens with two attached hydrogens (primary N) is 1. The summed E-state index contributed by atoms with van der Waals surface area (Å²) in [4.78, 5) is 9.54. The number of hydrogen-bond donors (Lipinski definition) is 1. The van der Waals surface area contributed by atoms with Gasteiger partial charge in [0, 0.05) is 32.3 Å². The van der Waals surface area contributed by atoms with Gasteiger partial charge in [-0.15, -0.1) is 0 Å². The van der Waals surface area contributed by atoms with Crippen molar-refractivity contribution in [1.29, 1.82) is 5.26 Å². The fourth-order valence-electron chi connectivity index (χ4n) is 6.11. The Kier molecular flexibility index (Phi) is 3.99. The van der Waals surface area contributed by atoms with Crippen LogP contribution in [0.1, 0.15) is 18.3 Å². The monoisotopic (exact) mass is 488 g/mol. The molecular weight excluding hydrogens is 468 g/mol. The van der Waals surface area contributed by atoms with Crippen LogP contribution < -0.4 is 5.73 Å². The maximum Gasteiger partial charge on any atom is 0.236 e. The first-order valence-electron chi connectivity index (χ1n) is 12.5. The average molecular weight is 489 g/mol. The van der Waals surface area contributed by atoms with E-state index in [1.165, 1.54) is 21.8 Å². The Morgan fingerprint density at radius 1 is 0.763 bits per heavy atom. The van der Waals surface area contributed by atoms with Gasteiger partial charge in [-0.25, -0.2) is 4.98 Å². The molecule has 0 aliphatic rings. The number of nitriles is 1. The maximum atomic E-state index is 9.86. The van der Waals surface area contributed by atoms with Gasteiger partial charge in [0.15, 0.2) is 5.69 Å². The van der Waals surface area contributed by atoms with Crippen LogP contribution in [-0.4, -0.2) is 18.9 Å². The highest BCUT2D eigenvalue weighted by Crippen LogP contribution is 2.46. The highest BCUT2D eigenvalue weighted by molar-refractivity contribution is 6.34. The van der Waals surface area contributed by atoms with E-state index >= 15 is 0 Å². The topological polar surface area (TPSA) is 84.9 Å². The minimum absolute atomic E-state index is 0.168.